The summed E-state index contributed by atoms with van der Waals surface area (Å²) in [6, 6.07) is 9.43. The molecule has 0 aliphatic heterocycles. The predicted octanol–water partition coefficient (Wildman–Crippen LogP) is 5.49. The zero-order valence-electron chi connectivity index (χ0n) is 17.9. The fraction of sp³-hybridized carbons (Fsp3) is 0.333. The monoisotopic (exact) mass is 427 g/mol. The lowest BCUT2D eigenvalue weighted by atomic mass is 10.0. The lowest BCUT2D eigenvalue weighted by Gasteiger charge is -2.11. The fourth-order valence-corrected chi connectivity index (χ4v) is 3.12. The molecule has 0 radical (unpaired) electrons. The molecule has 0 fully saturated rings. The molecule has 3 rings (SSSR count). The first kappa shape index (κ1) is 22.3. The van der Waals surface area contributed by atoms with Crippen molar-refractivity contribution in [3.63, 3.8) is 0 Å². The molecule has 3 aromatic rings. The molecule has 0 aliphatic carbocycles. The van der Waals surface area contributed by atoms with Gasteiger partial charge in [0.05, 0.1) is 31.1 Å². The molecule has 0 spiro atoms. The molecule has 0 N–H and O–H groups in total. The van der Waals surface area contributed by atoms with Crippen molar-refractivity contribution < 1.29 is 27.8 Å². The summed E-state index contributed by atoms with van der Waals surface area (Å²) in [6.45, 7) is 7.00. The van der Waals surface area contributed by atoms with Crippen LogP contribution in [0.3, 0.4) is 0 Å². The van der Waals surface area contributed by atoms with Crippen LogP contribution in [0.25, 0.3) is 11.5 Å². The summed E-state index contributed by atoms with van der Waals surface area (Å²) in [7, 11) is 0. The number of hydrogen-bond donors (Lipinski definition) is 0. The molecule has 0 amide bonds. The number of rotatable bonds is 11. The van der Waals surface area contributed by atoms with Crippen LogP contribution in [0, 0.1) is 5.82 Å². The van der Waals surface area contributed by atoms with Gasteiger partial charge in [0.1, 0.15) is 17.8 Å². The Morgan fingerprint density at radius 1 is 0.935 bits per heavy atom. The average Bonchev–Trinajstić information content (AvgIpc) is 3.23. The van der Waals surface area contributed by atoms with E-state index in [-0.39, 0.29) is 18.0 Å². The molecule has 1 heterocycles. The quantitative estimate of drug-likeness (QED) is 0.377. The number of halogens is 1. The topological polar surface area (TPSA) is 70.8 Å². The molecular formula is C24H26FNO5. The van der Waals surface area contributed by atoms with Gasteiger partial charge in [-0.3, -0.25) is 4.79 Å². The summed E-state index contributed by atoms with van der Waals surface area (Å²) in [5.74, 6) is 1.39. The molecule has 0 unspecified atom stereocenters. The second kappa shape index (κ2) is 10.6. The zero-order valence-corrected chi connectivity index (χ0v) is 17.9. The fourth-order valence-electron chi connectivity index (χ4n) is 3.12. The number of Topliss-reactive ketones (excluding diaryl/α,β-unsaturated/α-hetero) is 1. The number of carbonyl (C=O) groups is 1. The summed E-state index contributed by atoms with van der Waals surface area (Å²) in [5.41, 5.74) is 1.76. The highest BCUT2D eigenvalue weighted by atomic mass is 19.1. The summed E-state index contributed by atoms with van der Waals surface area (Å²) in [6.07, 6.45) is 2.12. The molecule has 164 valence electrons. The third-order valence-electron chi connectivity index (χ3n) is 4.49. The Labute approximate surface area is 181 Å². The molecule has 7 heteroatoms. The van der Waals surface area contributed by atoms with Gasteiger partial charge in [-0.15, -0.1) is 0 Å². The second-order valence-electron chi connectivity index (χ2n) is 6.67. The summed E-state index contributed by atoms with van der Waals surface area (Å²) in [5, 5.41) is 0. The number of aryl methyl sites for hydroxylation is 1. The van der Waals surface area contributed by atoms with E-state index in [0.717, 1.165) is 5.56 Å². The first-order valence-electron chi connectivity index (χ1n) is 10.4. The Bertz CT molecular complexity index is 1030. The summed E-state index contributed by atoms with van der Waals surface area (Å²) >= 11 is 0. The molecule has 1 aromatic heterocycles. The number of nitrogens with zero attached hydrogens (tertiary/aromatic N) is 1. The van der Waals surface area contributed by atoms with E-state index in [0.29, 0.717) is 54.9 Å². The van der Waals surface area contributed by atoms with Gasteiger partial charge in [0.15, 0.2) is 17.3 Å². The zero-order chi connectivity index (χ0) is 22.2. The van der Waals surface area contributed by atoms with E-state index in [1.165, 1.54) is 24.5 Å². The first-order valence-corrected chi connectivity index (χ1v) is 10.4. The van der Waals surface area contributed by atoms with Crippen molar-refractivity contribution >= 4 is 5.78 Å². The highest BCUT2D eigenvalue weighted by molar-refractivity contribution is 5.98. The number of benzene rings is 2. The van der Waals surface area contributed by atoms with Crippen LogP contribution in [0.15, 0.2) is 47.1 Å². The maximum Gasteiger partial charge on any atom is 0.226 e. The van der Waals surface area contributed by atoms with Gasteiger partial charge in [-0.1, -0.05) is 0 Å². The van der Waals surface area contributed by atoms with Gasteiger partial charge in [-0.05, 0) is 51.1 Å². The predicted molar refractivity (Wildman–Crippen MR) is 114 cm³/mol. The molecule has 0 saturated heterocycles. The molecule has 0 bridgehead atoms. The minimum Gasteiger partial charge on any atom is -0.493 e. The van der Waals surface area contributed by atoms with Gasteiger partial charge < -0.3 is 18.6 Å². The lowest BCUT2D eigenvalue weighted by molar-refractivity contribution is 0.0978. The largest absolute Gasteiger partial charge is 0.493 e. The Morgan fingerprint density at radius 3 is 2.39 bits per heavy atom. The van der Waals surface area contributed by atoms with E-state index in [4.69, 9.17) is 18.6 Å². The van der Waals surface area contributed by atoms with E-state index in [1.54, 1.807) is 6.92 Å². The van der Waals surface area contributed by atoms with Gasteiger partial charge in [-0.2, -0.15) is 0 Å². The van der Waals surface area contributed by atoms with Crippen molar-refractivity contribution in [2.75, 3.05) is 19.8 Å². The van der Waals surface area contributed by atoms with E-state index in [9.17, 15) is 9.18 Å². The van der Waals surface area contributed by atoms with Crippen molar-refractivity contribution in [1.82, 2.24) is 4.98 Å². The van der Waals surface area contributed by atoms with E-state index in [2.05, 4.69) is 4.98 Å². The molecule has 31 heavy (non-hydrogen) atoms. The van der Waals surface area contributed by atoms with E-state index in [1.807, 2.05) is 32.0 Å². The van der Waals surface area contributed by atoms with Gasteiger partial charge in [0, 0.05) is 24.5 Å². The Hall–Kier alpha value is -3.35. The highest BCUT2D eigenvalue weighted by Crippen LogP contribution is 2.33. The molecule has 2 aromatic carbocycles. The molecule has 6 nitrogen and oxygen atoms in total. The Balaban J connectivity index is 1.71. The lowest BCUT2D eigenvalue weighted by Crippen LogP contribution is -2.06. The number of hydrogen-bond acceptors (Lipinski definition) is 6. The average molecular weight is 427 g/mol. The van der Waals surface area contributed by atoms with Crippen LogP contribution in [0.1, 0.15) is 43.2 Å². The standard InChI is InChI=1S/C24H26FNO5/c1-4-28-21-12-7-16(13-23(21)30-6-3)24-26-18(15-31-24)9-11-20(27)19-10-8-17(25)14-22(19)29-5-2/h7-8,10,12-15H,4-6,9,11H2,1-3H3. The van der Waals surface area contributed by atoms with Gasteiger partial charge in [-0.25, -0.2) is 9.37 Å². The van der Waals surface area contributed by atoms with E-state index >= 15 is 0 Å². The van der Waals surface area contributed by atoms with E-state index < -0.39 is 5.82 Å². The van der Waals surface area contributed by atoms with Crippen LogP contribution in [0.2, 0.25) is 0 Å². The van der Waals surface area contributed by atoms with Crippen molar-refractivity contribution in [2.24, 2.45) is 0 Å². The molecular weight excluding hydrogens is 401 g/mol. The maximum atomic E-state index is 13.5. The second-order valence-corrected chi connectivity index (χ2v) is 6.67. The maximum absolute atomic E-state index is 13.5. The normalized spacial score (nSPS) is 10.7. The molecule has 0 aliphatic rings. The molecule has 0 saturated carbocycles. The summed E-state index contributed by atoms with van der Waals surface area (Å²) < 4.78 is 35.7. The number of oxazole rings is 1. The SMILES string of the molecule is CCOc1ccc(-c2nc(CCC(=O)c3ccc(F)cc3OCC)co2)cc1OCC. The smallest absolute Gasteiger partial charge is 0.226 e. The van der Waals surface area contributed by atoms with Crippen LogP contribution in [-0.4, -0.2) is 30.6 Å². The van der Waals surface area contributed by atoms with Crippen molar-refractivity contribution in [3.05, 3.63) is 59.7 Å². The first-order chi connectivity index (χ1) is 15.0. The molecule has 0 atom stereocenters. The number of aromatic nitrogens is 1. The van der Waals surface area contributed by atoms with Gasteiger partial charge >= 0.3 is 0 Å². The van der Waals surface area contributed by atoms with Crippen LogP contribution in [0.4, 0.5) is 4.39 Å². The van der Waals surface area contributed by atoms with Crippen molar-refractivity contribution in [2.45, 2.75) is 33.6 Å². The van der Waals surface area contributed by atoms with Crippen LogP contribution in [0.5, 0.6) is 17.2 Å². The highest BCUT2D eigenvalue weighted by Gasteiger charge is 2.16. The summed E-state index contributed by atoms with van der Waals surface area (Å²) in [4.78, 5) is 17.1. The Kier molecular flexibility index (Phi) is 7.65. The Morgan fingerprint density at radius 2 is 1.65 bits per heavy atom. The number of carbonyl (C=O) groups excluding carboxylic acids is 1. The van der Waals surface area contributed by atoms with Crippen molar-refractivity contribution in [3.8, 4) is 28.7 Å². The number of ketones is 1. The van der Waals surface area contributed by atoms with Gasteiger partial charge in [0.2, 0.25) is 5.89 Å². The van der Waals surface area contributed by atoms with Crippen LogP contribution < -0.4 is 14.2 Å². The van der Waals surface area contributed by atoms with Crippen molar-refractivity contribution in [1.29, 1.82) is 0 Å². The third kappa shape index (κ3) is 5.63. The van der Waals surface area contributed by atoms with Gasteiger partial charge in [0.25, 0.3) is 0 Å². The third-order valence-corrected chi connectivity index (χ3v) is 4.49. The van der Waals surface area contributed by atoms with Crippen LogP contribution >= 0.6 is 0 Å². The van der Waals surface area contributed by atoms with Crippen LogP contribution in [-0.2, 0) is 6.42 Å². The minimum atomic E-state index is -0.442. The minimum absolute atomic E-state index is 0.146. The number of ether oxygens (including phenoxy) is 3.